The number of carbonyl (C=O) groups is 1. The minimum absolute atomic E-state index is 0.220. The van der Waals surface area contributed by atoms with E-state index in [1.807, 2.05) is 4.90 Å². The van der Waals surface area contributed by atoms with E-state index < -0.39 is 5.72 Å². The minimum atomic E-state index is -0.403. The van der Waals surface area contributed by atoms with E-state index in [9.17, 15) is 4.79 Å². The zero-order valence-corrected chi connectivity index (χ0v) is 14.5. The van der Waals surface area contributed by atoms with Gasteiger partial charge < -0.3 is 9.64 Å². The molecule has 21 heavy (non-hydrogen) atoms. The Morgan fingerprint density at radius 3 is 2.52 bits per heavy atom. The van der Waals surface area contributed by atoms with E-state index in [0.29, 0.717) is 18.4 Å². The lowest BCUT2D eigenvalue weighted by atomic mass is 9.79. The van der Waals surface area contributed by atoms with E-state index in [0.717, 1.165) is 19.3 Å². The third-order valence-corrected chi connectivity index (χ3v) is 5.44. The molecule has 0 unspecified atom stereocenters. The summed E-state index contributed by atoms with van der Waals surface area (Å²) in [6.45, 7) is 17.7. The SMILES string of the molecule is C=C(CC[C@@]1(C)C[C@@]2(C)OC[C@H](C(C)C)N2C1=O)C(C)C. The maximum Gasteiger partial charge on any atom is 0.231 e. The number of nitrogens with zero attached hydrogens (tertiary/aromatic N) is 1. The summed E-state index contributed by atoms with van der Waals surface area (Å²) in [6.07, 6.45) is 2.60. The molecule has 0 aromatic carbocycles. The van der Waals surface area contributed by atoms with Crippen molar-refractivity contribution < 1.29 is 9.53 Å². The predicted molar refractivity (Wildman–Crippen MR) is 85.8 cm³/mol. The summed E-state index contributed by atoms with van der Waals surface area (Å²) in [7, 11) is 0. The Morgan fingerprint density at radius 2 is 2.00 bits per heavy atom. The van der Waals surface area contributed by atoms with E-state index in [-0.39, 0.29) is 17.4 Å². The fourth-order valence-electron chi connectivity index (χ4n) is 3.76. The van der Waals surface area contributed by atoms with Crippen molar-refractivity contribution in [2.24, 2.45) is 17.3 Å². The van der Waals surface area contributed by atoms with Gasteiger partial charge in [0.15, 0.2) is 0 Å². The first-order chi connectivity index (χ1) is 9.61. The highest BCUT2D eigenvalue weighted by Crippen LogP contribution is 2.51. The molecule has 0 saturated carbocycles. The maximum atomic E-state index is 13.0. The molecule has 2 aliphatic rings. The van der Waals surface area contributed by atoms with Gasteiger partial charge in [0.1, 0.15) is 5.72 Å². The standard InChI is InChI=1S/C18H31NO2/c1-12(2)14(5)8-9-17(6)11-18(7)19(16(17)20)15(10-21-18)13(3)4/h12-13,15H,5,8-11H2,1-4,6-7H3/t15-,17+,18-/m1/s1. The van der Waals surface area contributed by atoms with Crippen molar-refractivity contribution in [3.05, 3.63) is 12.2 Å². The lowest BCUT2D eigenvalue weighted by Crippen LogP contribution is -2.46. The quantitative estimate of drug-likeness (QED) is 0.717. The van der Waals surface area contributed by atoms with Crippen LogP contribution in [0, 0.1) is 17.3 Å². The van der Waals surface area contributed by atoms with Gasteiger partial charge in [0.25, 0.3) is 0 Å². The largest absolute Gasteiger partial charge is 0.354 e. The number of rotatable bonds is 5. The number of hydrogen-bond acceptors (Lipinski definition) is 2. The smallest absolute Gasteiger partial charge is 0.231 e. The highest BCUT2D eigenvalue weighted by Gasteiger charge is 2.60. The van der Waals surface area contributed by atoms with Gasteiger partial charge >= 0.3 is 0 Å². The van der Waals surface area contributed by atoms with Crippen LogP contribution in [-0.4, -0.2) is 29.2 Å². The zero-order chi connectivity index (χ0) is 16.0. The molecule has 2 aliphatic heterocycles. The summed E-state index contributed by atoms with van der Waals surface area (Å²) >= 11 is 0. The number of allylic oxidation sites excluding steroid dienone is 1. The molecule has 1 amide bonds. The summed E-state index contributed by atoms with van der Waals surface area (Å²) in [6, 6.07) is 0.220. The molecule has 0 N–H and O–H groups in total. The molecule has 120 valence electrons. The van der Waals surface area contributed by atoms with Gasteiger partial charge in [-0.15, -0.1) is 0 Å². The molecule has 2 heterocycles. The van der Waals surface area contributed by atoms with E-state index in [1.54, 1.807) is 0 Å². The van der Waals surface area contributed by atoms with Crippen LogP contribution in [0.1, 0.15) is 60.8 Å². The average Bonchev–Trinajstić information content (AvgIpc) is 2.80. The molecule has 0 spiro atoms. The Balaban J connectivity index is 2.14. The van der Waals surface area contributed by atoms with Crippen LogP contribution in [-0.2, 0) is 9.53 Å². The molecule has 2 fully saturated rings. The molecule has 0 aromatic heterocycles. The van der Waals surface area contributed by atoms with Gasteiger partial charge in [-0.25, -0.2) is 0 Å². The van der Waals surface area contributed by atoms with Crippen LogP contribution in [0.3, 0.4) is 0 Å². The molecule has 3 heteroatoms. The van der Waals surface area contributed by atoms with Gasteiger partial charge in [-0.3, -0.25) is 4.79 Å². The summed E-state index contributed by atoms with van der Waals surface area (Å²) in [5.74, 6) is 1.20. The molecule has 0 aromatic rings. The van der Waals surface area contributed by atoms with E-state index in [1.165, 1.54) is 5.57 Å². The van der Waals surface area contributed by atoms with Crippen molar-refractivity contribution in [2.45, 2.75) is 72.6 Å². The second-order valence-electron chi connectivity index (χ2n) is 8.02. The van der Waals surface area contributed by atoms with Crippen molar-refractivity contribution in [3.63, 3.8) is 0 Å². The third-order valence-electron chi connectivity index (χ3n) is 5.44. The number of amides is 1. The molecular weight excluding hydrogens is 262 g/mol. The first-order valence-corrected chi connectivity index (χ1v) is 8.26. The van der Waals surface area contributed by atoms with Crippen molar-refractivity contribution in [3.8, 4) is 0 Å². The lowest BCUT2D eigenvalue weighted by molar-refractivity contribution is -0.142. The molecule has 3 nitrogen and oxygen atoms in total. The summed E-state index contributed by atoms with van der Waals surface area (Å²) in [4.78, 5) is 15.1. The van der Waals surface area contributed by atoms with Crippen LogP contribution >= 0.6 is 0 Å². The second kappa shape index (κ2) is 5.42. The Morgan fingerprint density at radius 1 is 1.38 bits per heavy atom. The fraction of sp³-hybridized carbons (Fsp3) is 0.833. The topological polar surface area (TPSA) is 29.5 Å². The fourth-order valence-corrected chi connectivity index (χ4v) is 3.76. The van der Waals surface area contributed by atoms with Crippen LogP contribution in [0.4, 0.5) is 0 Å². The highest BCUT2D eigenvalue weighted by atomic mass is 16.5. The molecule has 3 atom stereocenters. The first-order valence-electron chi connectivity index (χ1n) is 8.26. The van der Waals surface area contributed by atoms with Gasteiger partial charge in [0.05, 0.1) is 18.1 Å². The van der Waals surface area contributed by atoms with Gasteiger partial charge in [-0.05, 0) is 31.6 Å². The molecule has 0 bridgehead atoms. The molecular formula is C18H31NO2. The number of hydrogen-bond donors (Lipinski definition) is 0. The van der Waals surface area contributed by atoms with Crippen LogP contribution in [0.15, 0.2) is 12.2 Å². The average molecular weight is 293 g/mol. The maximum absolute atomic E-state index is 13.0. The summed E-state index contributed by atoms with van der Waals surface area (Å²) < 4.78 is 6.04. The minimum Gasteiger partial charge on any atom is -0.354 e. The van der Waals surface area contributed by atoms with Gasteiger partial charge in [0, 0.05) is 6.42 Å². The number of fused-ring (bicyclic) bond motifs is 1. The molecule has 2 rings (SSSR count). The molecule has 0 radical (unpaired) electrons. The second-order valence-corrected chi connectivity index (χ2v) is 8.02. The van der Waals surface area contributed by atoms with E-state index >= 15 is 0 Å². The first kappa shape index (κ1) is 16.5. The van der Waals surface area contributed by atoms with Crippen molar-refractivity contribution in [1.29, 1.82) is 0 Å². The van der Waals surface area contributed by atoms with Crippen LogP contribution in [0.25, 0.3) is 0 Å². The number of ether oxygens (including phenoxy) is 1. The van der Waals surface area contributed by atoms with Gasteiger partial charge in [0.2, 0.25) is 5.91 Å². The number of carbonyl (C=O) groups excluding carboxylic acids is 1. The van der Waals surface area contributed by atoms with Crippen molar-refractivity contribution in [1.82, 2.24) is 4.90 Å². The predicted octanol–water partition coefficient (Wildman–Crippen LogP) is 3.99. The summed E-state index contributed by atoms with van der Waals surface area (Å²) in [5.41, 5.74) is 0.530. The third kappa shape index (κ3) is 2.77. The van der Waals surface area contributed by atoms with E-state index in [4.69, 9.17) is 4.74 Å². The Bertz CT molecular complexity index is 442. The van der Waals surface area contributed by atoms with Crippen molar-refractivity contribution >= 4 is 5.91 Å². The Kier molecular flexibility index (Phi) is 4.27. The molecule has 2 saturated heterocycles. The van der Waals surface area contributed by atoms with Gasteiger partial charge in [-0.2, -0.15) is 0 Å². The van der Waals surface area contributed by atoms with E-state index in [2.05, 4.69) is 48.1 Å². The summed E-state index contributed by atoms with van der Waals surface area (Å²) in [5, 5.41) is 0. The zero-order valence-electron chi connectivity index (χ0n) is 14.5. The van der Waals surface area contributed by atoms with Crippen molar-refractivity contribution in [2.75, 3.05) is 6.61 Å². The van der Waals surface area contributed by atoms with Crippen LogP contribution in [0.2, 0.25) is 0 Å². The van der Waals surface area contributed by atoms with Crippen LogP contribution in [0.5, 0.6) is 0 Å². The van der Waals surface area contributed by atoms with Gasteiger partial charge in [-0.1, -0.05) is 46.8 Å². The Labute approximate surface area is 129 Å². The van der Waals surface area contributed by atoms with Crippen LogP contribution < -0.4 is 0 Å². The highest BCUT2D eigenvalue weighted by molar-refractivity contribution is 5.86. The normalized spacial score (nSPS) is 35.9. The lowest BCUT2D eigenvalue weighted by Gasteiger charge is -2.31. The monoisotopic (exact) mass is 293 g/mol. The Hall–Kier alpha value is -0.830. The molecule has 0 aliphatic carbocycles.